The highest BCUT2D eigenvalue weighted by Gasteiger charge is 2.46. The standard InChI is InChI=1S/C18H15N3O6S/c1-3-27-13-5-4-10(8-14(13)26-2)12(6-7-19)20-16(22)11-9-28-18(21(24)25)15(11)17(20)23/h4-5,8-9,12H,3,6H2,1-2H3. The van der Waals surface area contributed by atoms with Gasteiger partial charge in [0.2, 0.25) is 0 Å². The average molecular weight is 401 g/mol. The van der Waals surface area contributed by atoms with Crippen molar-refractivity contribution in [1.82, 2.24) is 4.90 Å². The zero-order chi connectivity index (χ0) is 20.4. The van der Waals surface area contributed by atoms with Crippen molar-refractivity contribution >= 4 is 28.2 Å². The van der Waals surface area contributed by atoms with Crippen molar-refractivity contribution < 1.29 is 24.0 Å². The van der Waals surface area contributed by atoms with Gasteiger partial charge in [0.1, 0.15) is 5.56 Å². The van der Waals surface area contributed by atoms with E-state index in [1.165, 1.54) is 12.5 Å². The van der Waals surface area contributed by atoms with Gasteiger partial charge in [-0.05, 0) is 24.6 Å². The summed E-state index contributed by atoms with van der Waals surface area (Å²) in [5.41, 5.74) is 0.253. The predicted octanol–water partition coefficient (Wildman–Crippen LogP) is 3.31. The minimum absolute atomic E-state index is 0.0115. The van der Waals surface area contributed by atoms with Crippen LogP contribution in [0.25, 0.3) is 0 Å². The number of carbonyl (C=O) groups is 2. The van der Waals surface area contributed by atoms with E-state index in [1.54, 1.807) is 18.2 Å². The number of hydrogen-bond acceptors (Lipinski definition) is 8. The number of thiophene rings is 1. The van der Waals surface area contributed by atoms with Gasteiger partial charge in [0.05, 0.1) is 42.7 Å². The summed E-state index contributed by atoms with van der Waals surface area (Å²) in [5.74, 6) is -0.557. The Morgan fingerprint density at radius 2 is 2.07 bits per heavy atom. The third-order valence-corrected chi connectivity index (χ3v) is 5.22. The van der Waals surface area contributed by atoms with Gasteiger partial charge in [-0.25, -0.2) is 0 Å². The van der Waals surface area contributed by atoms with Crippen LogP contribution in [0.2, 0.25) is 0 Å². The molecule has 10 heteroatoms. The summed E-state index contributed by atoms with van der Waals surface area (Å²) in [4.78, 5) is 37.0. The van der Waals surface area contributed by atoms with Crippen LogP contribution in [0.15, 0.2) is 23.6 Å². The minimum atomic E-state index is -0.911. The largest absolute Gasteiger partial charge is 0.493 e. The van der Waals surface area contributed by atoms with Gasteiger partial charge in [0, 0.05) is 5.38 Å². The number of nitriles is 1. The van der Waals surface area contributed by atoms with Crippen LogP contribution < -0.4 is 9.47 Å². The quantitative estimate of drug-likeness (QED) is 0.396. The Balaban J connectivity index is 2.04. The summed E-state index contributed by atoms with van der Waals surface area (Å²) in [5, 5.41) is 21.3. The van der Waals surface area contributed by atoms with E-state index >= 15 is 0 Å². The van der Waals surface area contributed by atoms with Crippen molar-refractivity contribution in [2.75, 3.05) is 13.7 Å². The molecule has 1 aliphatic rings. The van der Waals surface area contributed by atoms with Crippen molar-refractivity contribution in [3.63, 3.8) is 0 Å². The first-order valence-electron chi connectivity index (χ1n) is 8.26. The molecule has 1 aliphatic heterocycles. The Kier molecular flexibility index (Phi) is 5.28. The highest BCUT2D eigenvalue weighted by Crippen LogP contribution is 2.42. The van der Waals surface area contributed by atoms with Crippen LogP contribution in [0.3, 0.4) is 0 Å². The van der Waals surface area contributed by atoms with Crippen LogP contribution in [0.1, 0.15) is 45.7 Å². The van der Waals surface area contributed by atoms with Crippen LogP contribution in [0.4, 0.5) is 5.00 Å². The molecule has 3 rings (SSSR count). The maximum Gasteiger partial charge on any atom is 0.337 e. The molecule has 2 amide bonds. The van der Waals surface area contributed by atoms with Crippen molar-refractivity contribution in [3.05, 3.63) is 50.4 Å². The Hall–Kier alpha value is -3.45. The molecule has 28 heavy (non-hydrogen) atoms. The minimum Gasteiger partial charge on any atom is -0.493 e. The second kappa shape index (κ2) is 7.66. The van der Waals surface area contributed by atoms with Gasteiger partial charge in [-0.15, -0.1) is 0 Å². The van der Waals surface area contributed by atoms with Gasteiger partial charge in [-0.2, -0.15) is 5.26 Å². The van der Waals surface area contributed by atoms with Crippen molar-refractivity contribution in [3.8, 4) is 17.6 Å². The van der Waals surface area contributed by atoms with Gasteiger partial charge in [-0.3, -0.25) is 24.6 Å². The highest BCUT2D eigenvalue weighted by molar-refractivity contribution is 7.14. The van der Waals surface area contributed by atoms with Crippen LogP contribution in [-0.2, 0) is 0 Å². The van der Waals surface area contributed by atoms with Gasteiger partial charge < -0.3 is 9.47 Å². The van der Waals surface area contributed by atoms with E-state index in [2.05, 4.69) is 0 Å². The maximum atomic E-state index is 12.8. The summed E-state index contributed by atoms with van der Waals surface area (Å²) < 4.78 is 10.8. The van der Waals surface area contributed by atoms with Crippen molar-refractivity contribution in [2.45, 2.75) is 19.4 Å². The molecule has 1 aromatic carbocycles. The molecule has 0 N–H and O–H groups in total. The average Bonchev–Trinajstić information content (AvgIpc) is 3.22. The molecule has 9 nitrogen and oxygen atoms in total. The summed E-state index contributed by atoms with van der Waals surface area (Å²) >= 11 is 0.735. The number of hydrogen-bond donors (Lipinski definition) is 0. The number of ether oxygens (including phenoxy) is 2. The number of imide groups is 1. The lowest BCUT2D eigenvalue weighted by atomic mass is 10.0. The van der Waals surface area contributed by atoms with E-state index in [0.29, 0.717) is 23.7 Å². The second-order valence-corrected chi connectivity index (χ2v) is 6.65. The first kappa shape index (κ1) is 19.3. The fraction of sp³-hybridized carbons (Fsp3) is 0.278. The molecule has 0 saturated carbocycles. The van der Waals surface area contributed by atoms with Crippen LogP contribution >= 0.6 is 11.3 Å². The number of methoxy groups -OCH3 is 1. The first-order chi connectivity index (χ1) is 13.4. The highest BCUT2D eigenvalue weighted by atomic mass is 32.1. The number of rotatable bonds is 7. The van der Waals surface area contributed by atoms with E-state index in [1.807, 2.05) is 13.0 Å². The Labute approximate surface area is 163 Å². The Bertz CT molecular complexity index is 1010. The summed E-state index contributed by atoms with van der Waals surface area (Å²) in [6.07, 6.45) is -0.171. The van der Waals surface area contributed by atoms with Gasteiger partial charge in [-0.1, -0.05) is 17.4 Å². The zero-order valence-corrected chi connectivity index (χ0v) is 15.8. The lowest BCUT2D eigenvalue weighted by Gasteiger charge is -2.25. The molecule has 144 valence electrons. The number of carbonyl (C=O) groups excluding carboxylic acids is 2. The number of nitro groups is 1. The molecule has 0 aliphatic carbocycles. The topological polar surface area (TPSA) is 123 Å². The molecule has 0 fully saturated rings. The molecular weight excluding hydrogens is 386 g/mol. The number of benzene rings is 1. The van der Waals surface area contributed by atoms with E-state index in [9.17, 15) is 25.0 Å². The van der Waals surface area contributed by atoms with E-state index in [-0.39, 0.29) is 22.5 Å². The van der Waals surface area contributed by atoms with E-state index < -0.39 is 22.8 Å². The molecule has 0 saturated heterocycles. The fourth-order valence-corrected chi connectivity index (χ4v) is 3.93. The van der Waals surface area contributed by atoms with E-state index in [0.717, 1.165) is 16.2 Å². The molecule has 0 spiro atoms. The monoisotopic (exact) mass is 401 g/mol. The van der Waals surface area contributed by atoms with Gasteiger partial charge in [0.15, 0.2) is 11.5 Å². The predicted molar refractivity (Wildman–Crippen MR) is 98.6 cm³/mol. The first-order valence-corrected chi connectivity index (χ1v) is 9.13. The molecule has 2 heterocycles. The molecule has 2 aromatic rings. The zero-order valence-electron chi connectivity index (χ0n) is 15.0. The van der Waals surface area contributed by atoms with Crippen molar-refractivity contribution in [1.29, 1.82) is 5.26 Å². The lowest BCUT2D eigenvalue weighted by Crippen LogP contribution is -2.34. The number of fused-ring (bicyclic) bond motifs is 1. The molecule has 0 radical (unpaired) electrons. The molecular formula is C18H15N3O6S. The summed E-state index contributed by atoms with van der Waals surface area (Å²) in [6.45, 7) is 2.24. The van der Waals surface area contributed by atoms with Crippen LogP contribution in [0.5, 0.6) is 11.5 Å². The van der Waals surface area contributed by atoms with Gasteiger partial charge in [0.25, 0.3) is 11.8 Å². The Morgan fingerprint density at radius 1 is 1.32 bits per heavy atom. The van der Waals surface area contributed by atoms with Gasteiger partial charge >= 0.3 is 5.00 Å². The molecule has 1 atom stereocenters. The summed E-state index contributed by atoms with van der Waals surface area (Å²) in [6, 6.07) is 5.91. The third-order valence-electron chi connectivity index (χ3n) is 4.29. The Morgan fingerprint density at radius 3 is 2.68 bits per heavy atom. The van der Waals surface area contributed by atoms with Crippen LogP contribution in [0, 0.1) is 21.4 Å². The molecule has 0 bridgehead atoms. The SMILES string of the molecule is CCOc1ccc(C(CC#N)N2C(=O)c3csc([N+](=O)[O-])c3C2=O)cc1OC. The fourth-order valence-electron chi connectivity index (χ4n) is 3.08. The number of amides is 2. The van der Waals surface area contributed by atoms with Crippen molar-refractivity contribution in [2.24, 2.45) is 0 Å². The second-order valence-electron chi connectivity index (χ2n) is 5.79. The van der Waals surface area contributed by atoms with Crippen LogP contribution in [-0.4, -0.2) is 35.4 Å². The number of nitrogens with zero attached hydrogens (tertiary/aromatic N) is 3. The van der Waals surface area contributed by atoms with E-state index in [4.69, 9.17) is 9.47 Å². The molecule has 1 aromatic heterocycles. The lowest BCUT2D eigenvalue weighted by molar-refractivity contribution is -0.380. The molecule has 1 unspecified atom stereocenters. The summed E-state index contributed by atoms with van der Waals surface area (Å²) in [7, 11) is 1.45. The normalized spacial score (nSPS) is 13.8. The third kappa shape index (κ3) is 3.05. The smallest absolute Gasteiger partial charge is 0.337 e. The maximum absolute atomic E-state index is 12.8.